The van der Waals surface area contributed by atoms with Crippen LogP contribution in [-0.2, 0) is 11.3 Å². The summed E-state index contributed by atoms with van der Waals surface area (Å²) >= 11 is 0. The summed E-state index contributed by atoms with van der Waals surface area (Å²) in [4.78, 5) is 12.0. The van der Waals surface area contributed by atoms with Crippen molar-refractivity contribution < 1.29 is 19.0 Å². The van der Waals surface area contributed by atoms with E-state index < -0.39 is 0 Å². The van der Waals surface area contributed by atoms with Crippen LogP contribution in [0.15, 0.2) is 48.5 Å². The van der Waals surface area contributed by atoms with Gasteiger partial charge in [-0.3, -0.25) is 4.79 Å². The topological polar surface area (TPSA) is 56.8 Å². The van der Waals surface area contributed by atoms with E-state index in [0.717, 1.165) is 11.1 Å². The van der Waals surface area contributed by atoms with Crippen molar-refractivity contribution in [2.24, 2.45) is 0 Å². The van der Waals surface area contributed by atoms with Crippen LogP contribution in [0.25, 0.3) is 6.08 Å². The molecule has 0 aliphatic heterocycles. The van der Waals surface area contributed by atoms with Crippen LogP contribution in [0.5, 0.6) is 17.2 Å². The number of benzene rings is 2. The van der Waals surface area contributed by atoms with Crippen LogP contribution in [0, 0.1) is 0 Å². The molecule has 126 valence electrons. The van der Waals surface area contributed by atoms with E-state index in [1.165, 1.54) is 6.08 Å². The highest BCUT2D eigenvalue weighted by Crippen LogP contribution is 2.40. The number of amides is 1. The first-order valence-electron chi connectivity index (χ1n) is 7.48. The number of nitrogens with one attached hydrogen (secondary N) is 1. The molecule has 0 radical (unpaired) electrons. The fourth-order valence-electron chi connectivity index (χ4n) is 2.27. The molecule has 0 spiro atoms. The Morgan fingerprint density at radius 1 is 0.958 bits per heavy atom. The van der Waals surface area contributed by atoms with Crippen molar-refractivity contribution in [2.75, 3.05) is 21.3 Å². The maximum absolute atomic E-state index is 12.0. The second-order valence-electron chi connectivity index (χ2n) is 4.96. The van der Waals surface area contributed by atoms with Gasteiger partial charge in [0, 0.05) is 18.2 Å². The van der Waals surface area contributed by atoms with Crippen LogP contribution < -0.4 is 19.5 Å². The number of carbonyl (C=O) groups is 1. The average molecular weight is 327 g/mol. The molecule has 24 heavy (non-hydrogen) atoms. The Balaban J connectivity index is 2.09. The molecule has 0 saturated carbocycles. The van der Waals surface area contributed by atoms with Crippen LogP contribution in [0.2, 0.25) is 0 Å². The zero-order valence-electron chi connectivity index (χ0n) is 14.0. The van der Waals surface area contributed by atoms with Gasteiger partial charge in [-0.05, 0) is 23.8 Å². The fourth-order valence-corrected chi connectivity index (χ4v) is 2.27. The van der Waals surface area contributed by atoms with Gasteiger partial charge in [0.2, 0.25) is 11.7 Å². The molecule has 0 aromatic heterocycles. The fraction of sp³-hybridized carbons (Fsp3) is 0.211. The summed E-state index contributed by atoms with van der Waals surface area (Å²) in [7, 11) is 4.65. The molecule has 1 amide bonds. The highest BCUT2D eigenvalue weighted by Gasteiger charge is 2.14. The predicted octanol–water partition coefficient (Wildman–Crippen LogP) is 3.04. The van der Waals surface area contributed by atoms with E-state index in [0.29, 0.717) is 23.8 Å². The van der Waals surface area contributed by atoms with Crippen LogP contribution >= 0.6 is 0 Å². The molecule has 0 fully saturated rings. The van der Waals surface area contributed by atoms with Gasteiger partial charge in [0.25, 0.3) is 0 Å². The molecule has 2 rings (SSSR count). The van der Waals surface area contributed by atoms with Gasteiger partial charge in [-0.15, -0.1) is 0 Å². The molecule has 0 atom stereocenters. The number of rotatable bonds is 7. The lowest BCUT2D eigenvalue weighted by atomic mass is 10.1. The molecule has 2 aromatic rings. The first kappa shape index (κ1) is 17.4. The molecule has 0 saturated heterocycles. The summed E-state index contributed by atoms with van der Waals surface area (Å²) in [6, 6.07) is 13.3. The van der Waals surface area contributed by atoms with E-state index in [-0.39, 0.29) is 5.91 Å². The predicted molar refractivity (Wildman–Crippen MR) is 93.4 cm³/mol. The van der Waals surface area contributed by atoms with Crippen LogP contribution in [-0.4, -0.2) is 27.2 Å². The Morgan fingerprint density at radius 3 is 2.29 bits per heavy atom. The van der Waals surface area contributed by atoms with Crippen LogP contribution in [0.1, 0.15) is 11.1 Å². The summed E-state index contributed by atoms with van der Waals surface area (Å²) in [5.41, 5.74) is 1.77. The van der Waals surface area contributed by atoms with E-state index in [1.54, 1.807) is 39.5 Å². The lowest BCUT2D eigenvalue weighted by molar-refractivity contribution is -0.116. The minimum Gasteiger partial charge on any atom is -0.493 e. The van der Waals surface area contributed by atoms with Crippen molar-refractivity contribution in [1.29, 1.82) is 0 Å². The summed E-state index contributed by atoms with van der Waals surface area (Å²) in [6.07, 6.45) is 3.15. The van der Waals surface area contributed by atoms with Crippen molar-refractivity contribution in [2.45, 2.75) is 6.54 Å². The molecule has 5 heteroatoms. The molecule has 2 aromatic carbocycles. The highest BCUT2D eigenvalue weighted by atomic mass is 16.5. The Bertz CT molecular complexity index is 711. The minimum atomic E-state index is -0.185. The van der Waals surface area contributed by atoms with Gasteiger partial charge in [0.05, 0.1) is 21.3 Å². The van der Waals surface area contributed by atoms with Crippen molar-refractivity contribution in [3.63, 3.8) is 0 Å². The maximum Gasteiger partial charge on any atom is 0.244 e. The third kappa shape index (κ3) is 4.29. The Morgan fingerprint density at radius 2 is 1.67 bits per heavy atom. The molecule has 0 aliphatic carbocycles. The highest BCUT2D eigenvalue weighted by molar-refractivity contribution is 5.92. The Hall–Kier alpha value is -2.95. The van der Waals surface area contributed by atoms with Crippen molar-refractivity contribution in [3.8, 4) is 17.2 Å². The third-order valence-electron chi connectivity index (χ3n) is 3.46. The van der Waals surface area contributed by atoms with Crippen molar-refractivity contribution in [1.82, 2.24) is 5.32 Å². The Kier molecular flexibility index (Phi) is 6.25. The lowest BCUT2D eigenvalue weighted by Gasteiger charge is -2.13. The van der Waals surface area contributed by atoms with Gasteiger partial charge in [0.15, 0.2) is 11.5 Å². The second-order valence-corrected chi connectivity index (χ2v) is 4.96. The Labute approximate surface area is 141 Å². The maximum atomic E-state index is 12.0. The summed E-state index contributed by atoms with van der Waals surface area (Å²) in [5, 5.41) is 2.84. The zero-order valence-corrected chi connectivity index (χ0v) is 14.0. The van der Waals surface area contributed by atoms with E-state index in [2.05, 4.69) is 5.32 Å². The van der Waals surface area contributed by atoms with Gasteiger partial charge >= 0.3 is 0 Å². The first-order chi connectivity index (χ1) is 11.7. The number of hydrogen-bond acceptors (Lipinski definition) is 4. The largest absolute Gasteiger partial charge is 0.493 e. The monoisotopic (exact) mass is 327 g/mol. The lowest BCUT2D eigenvalue weighted by Crippen LogP contribution is -2.20. The van der Waals surface area contributed by atoms with Gasteiger partial charge in [-0.1, -0.05) is 30.3 Å². The molecule has 0 aliphatic rings. The third-order valence-corrected chi connectivity index (χ3v) is 3.46. The molecular weight excluding hydrogens is 306 g/mol. The van der Waals surface area contributed by atoms with Crippen LogP contribution in [0.3, 0.4) is 0 Å². The normalized spacial score (nSPS) is 10.5. The summed E-state index contributed by atoms with van der Waals surface area (Å²) < 4.78 is 15.9. The standard InChI is InChI=1S/C19H21NO4/c1-22-16-11-9-15(18(23-2)19(16)24-3)10-12-17(21)20-13-14-7-5-4-6-8-14/h4-12H,13H2,1-3H3,(H,20,21)/b12-10+. The van der Waals surface area contributed by atoms with Gasteiger partial charge in [-0.2, -0.15) is 0 Å². The zero-order chi connectivity index (χ0) is 17.4. The quantitative estimate of drug-likeness (QED) is 0.794. The number of hydrogen-bond donors (Lipinski definition) is 1. The second kappa shape index (κ2) is 8.62. The van der Waals surface area contributed by atoms with E-state index in [1.807, 2.05) is 30.3 Å². The van der Waals surface area contributed by atoms with E-state index in [9.17, 15) is 4.79 Å². The molecule has 5 nitrogen and oxygen atoms in total. The first-order valence-corrected chi connectivity index (χ1v) is 7.48. The molecular formula is C19H21NO4. The smallest absolute Gasteiger partial charge is 0.244 e. The number of methoxy groups -OCH3 is 3. The average Bonchev–Trinajstić information content (AvgIpc) is 2.64. The molecule has 0 unspecified atom stereocenters. The van der Waals surface area contributed by atoms with Crippen molar-refractivity contribution in [3.05, 3.63) is 59.7 Å². The molecule has 0 bridgehead atoms. The van der Waals surface area contributed by atoms with E-state index >= 15 is 0 Å². The SMILES string of the molecule is COc1ccc(/C=C/C(=O)NCc2ccccc2)c(OC)c1OC. The number of ether oxygens (including phenoxy) is 3. The van der Waals surface area contributed by atoms with Crippen molar-refractivity contribution >= 4 is 12.0 Å². The van der Waals surface area contributed by atoms with Gasteiger partial charge < -0.3 is 19.5 Å². The minimum absolute atomic E-state index is 0.185. The summed E-state index contributed by atoms with van der Waals surface area (Å²) in [5.74, 6) is 1.39. The van der Waals surface area contributed by atoms with Gasteiger partial charge in [0.1, 0.15) is 0 Å². The number of carbonyl (C=O) groups excluding carboxylic acids is 1. The molecule has 1 N–H and O–H groups in total. The summed E-state index contributed by atoms with van der Waals surface area (Å²) in [6.45, 7) is 0.479. The van der Waals surface area contributed by atoms with Gasteiger partial charge in [-0.25, -0.2) is 0 Å². The molecule has 0 heterocycles. The van der Waals surface area contributed by atoms with E-state index in [4.69, 9.17) is 14.2 Å². The van der Waals surface area contributed by atoms with Crippen LogP contribution in [0.4, 0.5) is 0 Å².